The van der Waals surface area contributed by atoms with Gasteiger partial charge in [0.15, 0.2) is 9.84 Å². The maximum atomic E-state index is 12.1. The quantitative estimate of drug-likeness (QED) is 0.918. The predicted molar refractivity (Wildman–Crippen MR) is 79.4 cm³/mol. The molecule has 1 heterocycles. The van der Waals surface area contributed by atoms with E-state index < -0.39 is 15.7 Å². The van der Waals surface area contributed by atoms with E-state index in [4.69, 9.17) is 0 Å². The number of aromatic nitrogens is 1. The zero-order valence-corrected chi connectivity index (χ0v) is 12.9. The normalized spacial score (nSPS) is 11.1. The second kappa shape index (κ2) is 5.72. The third-order valence-electron chi connectivity index (χ3n) is 2.51. The second-order valence-electron chi connectivity index (χ2n) is 4.06. The molecular formula is C13H11BrN2O3S. The molecule has 1 aromatic carbocycles. The van der Waals surface area contributed by atoms with Gasteiger partial charge in [-0.25, -0.2) is 13.4 Å². The largest absolute Gasteiger partial charge is 0.319 e. The molecule has 0 saturated carbocycles. The van der Waals surface area contributed by atoms with Crippen LogP contribution in [0.4, 0.5) is 5.69 Å². The van der Waals surface area contributed by atoms with Gasteiger partial charge in [-0.2, -0.15) is 0 Å². The van der Waals surface area contributed by atoms with Crippen LogP contribution in [0.5, 0.6) is 0 Å². The number of anilines is 1. The van der Waals surface area contributed by atoms with Crippen molar-refractivity contribution in [1.29, 1.82) is 0 Å². The summed E-state index contributed by atoms with van der Waals surface area (Å²) in [7, 11) is -3.42. The van der Waals surface area contributed by atoms with Gasteiger partial charge in [0.05, 0.1) is 10.6 Å². The molecule has 0 aliphatic heterocycles. The highest BCUT2D eigenvalue weighted by Gasteiger charge is 2.17. The van der Waals surface area contributed by atoms with Crippen LogP contribution in [-0.2, 0) is 9.84 Å². The lowest BCUT2D eigenvalue weighted by Gasteiger charge is -2.09. The summed E-state index contributed by atoms with van der Waals surface area (Å²) in [6, 6.07) is 9.60. The Labute approximate surface area is 125 Å². The average molecular weight is 355 g/mol. The van der Waals surface area contributed by atoms with Gasteiger partial charge in [-0.05, 0) is 40.2 Å². The summed E-state index contributed by atoms with van der Waals surface area (Å²) >= 11 is 3.23. The fourth-order valence-corrected chi connectivity index (χ4v) is 2.91. The van der Waals surface area contributed by atoms with Crippen molar-refractivity contribution in [3.63, 3.8) is 0 Å². The summed E-state index contributed by atoms with van der Waals surface area (Å²) in [6.07, 6.45) is 2.58. The lowest BCUT2D eigenvalue weighted by atomic mass is 10.3. The molecule has 1 amide bonds. The van der Waals surface area contributed by atoms with E-state index in [1.54, 1.807) is 24.3 Å². The van der Waals surface area contributed by atoms with Gasteiger partial charge in [0.2, 0.25) is 0 Å². The Morgan fingerprint density at radius 2 is 1.90 bits per heavy atom. The molecule has 1 aromatic heterocycles. The van der Waals surface area contributed by atoms with Crippen LogP contribution in [0.1, 0.15) is 10.5 Å². The summed E-state index contributed by atoms with van der Waals surface area (Å²) in [5.41, 5.74) is 0.424. The Morgan fingerprint density at radius 3 is 2.55 bits per heavy atom. The van der Waals surface area contributed by atoms with Crippen LogP contribution in [0.25, 0.3) is 0 Å². The molecule has 0 saturated heterocycles. The first-order valence-electron chi connectivity index (χ1n) is 5.60. The smallest absolute Gasteiger partial charge is 0.275 e. The summed E-state index contributed by atoms with van der Waals surface area (Å²) in [5.74, 6) is -0.478. The number of hydrogen-bond donors (Lipinski definition) is 1. The SMILES string of the molecule is CS(=O)(=O)c1ccccc1NC(=O)c1ncccc1Br. The molecule has 0 bridgehead atoms. The number of pyridine rings is 1. The fraction of sp³-hybridized carbons (Fsp3) is 0.0769. The van der Waals surface area contributed by atoms with Crippen molar-refractivity contribution in [2.24, 2.45) is 0 Å². The van der Waals surface area contributed by atoms with Crippen molar-refractivity contribution in [2.75, 3.05) is 11.6 Å². The molecule has 0 radical (unpaired) electrons. The predicted octanol–water partition coefficient (Wildman–Crippen LogP) is 2.50. The molecule has 2 aromatic rings. The lowest BCUT2D eigenvalue weighted by Crippen LogP contribution is -2.16. The topological polar surface area (TPSA) is 76.1 Å². The summed E-state index contributed by atoms with van der Waals surface area (Å²) in [4.78, 5) is 16.1. The van der Waals surface area contributed by atoms with Gasteiger partial charge in [-0.1, -0.05) is 12.1 Å². The minimum Gasteiger partial charge on any atom is -0.319 e. The molecule has 20 heavy (non-hydrogen) atoms. The molecule has 0 aliphatic carbocycles. The highest BCUT2D eigenvalue weighted by molar-refractivity contribution is 9.10. The number of carbonyl (C=O) groups excluding carboxylic acids is 1. The molecule has 7 heteroatoms. The van der Waals surface area contributed by atoms with Crippen molar-refractivity contribution in [2.45, 2.75) is 4.90 Å². The summed E-state index contributed by atoms with van der Waals surface area (Å²) in [6.45, 7) is 0. The number of para-hydroxylation sites is 1. The molecule has 0 atom stereocenters. The molecular weight excluding hydrogens is 344 g/mol. The van der Waals surface area contributed by atoms with Crippen molar-refractivity contribution >= 4 is 37.4 Å². The number of sulfone groups is 1. The molecule has 104 valence electrons. The maximum absolute atomic E-state index is 12.1. The first-order valence-corrected chi connectivity index (χ1v) is 8.29. The van der Waals surface area contributed by atoms with E-state index in [9.17, 15) is 13.2 Å². The number of benzene rings is 1. The molecule has 0 fully saturated rings. The Balaban J connectivity index is 2.37. The maximum Gasteiger partial charge on any atom is 0.275 e. The van der Waals surface area contributed by atoms with Gasteiger partial charge in [0, 0.05) is 16.9 Å². The van der Waals surface area contributed by atoms with Gasteiger partial charge in [0.25, 0.3) is 5.91 Å². The van der Waals surface area contributed by atoms with Crippen LogP contribution in [-0.4, -0.2) is 25.6 Å². The third-order valence-corrected chi connectivity index (χ3v) is 4.30. The molecule has 2 rings (SSSR count). The van der Waals surface area contributed by atoms with Gasteiger partial charge in [-0.15, -0.1) is 0 Å². The van der Waals surface area contributed by atoms with E-state index in [0.29, 0.717) is 4.47 Å². The molecule has 0 aliphatic rings. The first-order chi connectivity index (χ1) is 9.39. The van der Waals surface area contributed by atoms with Crippen LogP contribution < -0.4 is 5.32 Å². The van der Waals surface area contributed by atoms with Crippen LogP contribution >= 0.6 is 15.9 Å². The minimum atomic E-state index is -3.42. The Kier molecular flexibility index (Phi) is 4.20. The average Bonchev–Trinajstić information content (AvgIpc) is 2.38. The van der Waals surface area contributed by atoms with E-state index in [2.05, 4.69) is 26.2 Å². The zero-order valence-electron chi connectivity index (χ0n) is 10.5. The van der Waals surface area contributed by atoms with Crippen LogP contribution in [0.15, 0.2) is 52.0 Å². The highest BCUT2D eigenvalue weighted by Crippen LogP contribution is 2.22. The number of carbonyl (C=O) groups is 1. The van der Waals surface area contributed by atoms with Crippen molar-refractivity contribution < 1.29 is 13.2 Å². The number of halogens is 1. The Hall–Kier alpha value is -1.73. The van der Waals surface area contributed by atoms with Crippen molar-refractivity contribution in [3.8, 4) is 0 Å². The molecule has 5 nitrogen and oxygen atoms in total. The van der Waals surface area contributed by atoms with E-state index in [1.165, 1.54) is 18.3 Å². The van der Waals surface area contributed by atoms with Gasteiger partial charge >= 0.3 is 0 Å². The van der Waals surface area contributed by atoms with Gasteiger partial charge < -0.3 is 5.32 Å². The van der Waals surface area contributed by atoms with Crippen LogP contribution in [0.3, 0.4) is 0 Å². The fourth-order valence-electron chi connectivity index (χ4n) is 1.63. The zero-order chi connectivity index (χ0) is 14.8. The first kappa shape index (κ1) is 14.7. The Bertz CT molecular complexity index is 760. The molecule has 0 spiro atoms. The van der Waals surface area contributed by atoms with E-state index in [1.807, 2.05) is 0 Å². The standard InChI is InChI=1S/C13H11BrN2O3S/c1-20(18,19)11-7-3-2-6-10(11)16-13(17)12-9(14)5-4-8-15-12/h2-8H,1H3,(H,16,17). The second-order valence-corrected chi connectivity index (χ2v) is 6.89. The molecule has 0 unspecified atom stereocenters. The summed E-state index contributed by atoms with van der Waals surface area (Å²) < 4.78 is 23.9. The van der Waals surface area contributed by atoms with Crippen LogP contribution in [0, 0.1) is 0 Å². The Morgan fingerprint density at radius 1 is 1.20 bits per heavy atom. The van der Waals surface area contributed by atoms with E-state index in [-0.39, 0.29) is 16.3 Å². The lowest BCUT2D eigenvalue weighted by molar-refractivity contribution is 0.102. The number of nitrogens with zero attached hydrogens (tertiary/aromatic N) is 1. The van der Waals surface area contributed by atoms with E-state index in [0.717, 1.165) is 6.26 Å². The third kappa shape index (κ3) is 3.23. The van der Waals surface area contributed by atoms with Crippen molar-refractivity contribution in [3.05, 3.63) is 52.8 Å². The minimum absolute atomic E-state index is 0.0698. The summed E-state index contributed by atoms with van der Waals surface area (Å²) in [5, 5.41) is 2.56. The van der Waals surface area contributed by atoms with Gasteiger partial charge in [0.1, 0.15) is 5.69 Å². The van der Waals surface area contributed by atoms with Crippen molar-refractivity contribution in [1.82, 2.24) is 4.98 Å². The number of hydrogen-bond acceptors (Lipinski definition) is 4. The highest BCUT2D eigenvalue weighted by atomic mass is 79.9. The molecule has 1 N–H and O–H groups in total. The van der Waals surface area contributed by atoms with Crippen LogP contribution in [0.2, 0.25) is 0 Å². The number of amides is 1. The monoisotopic (exact) mass is 354 g/mol. The number of nitrogens with one attached hydrogen (secondary N) is 1. The van der Waals surface area contributed by atoms with E-state index >= 15 is 0 Å². The van der Waals surface area contributed by atoms with Gasteiger partial charge in [-0.3, -0.25) is 4.79 Å². The number of rotatable bonds is 3.